The first-order chi connectivity index (χ1) is 7.72. The second-order valence-electron chi connectivity index (χ2n) is 3.47. The van der Waals surface area contributed by atoms with Crippen LogP contribution in [-0.4, -0.2) is 40.8 Å². The maximum absolute atomic E-state index is 10.6. The van der Waals surface area contributed by atoms with Crippen molar-refractivity contribution >= 4 is 14.9 Å². The first-order valence-corrected chi connectivity index (χ1v) is 5.87. The second kappa shape index (κ2) is 7.30. The van der Waals surface area contributed by atoms with Gasteiger partial charge in [0.05, 0.1) is 5.69 Å². The summed E-state index contributed by atoms with van der Waals surface area (Å²) in [6.45, 7) is 2.34. The molecule has 2 N–H and O–H groups in total. The average Bonchev–Trinajstić information content (AvgIpc) is 2.69. The lowest BCUT2D eigenvalue weighted by molar-refractivity contribution is 0.260. The van der Waals surface area contributed by atoms with Crippen LogP contribution in [0.3, 0.4) is 0 Å². The molecule has 6 nitrogen and oxygen atoms in total. The third-order valence-electron chi connectivity index (χ3n) is 2.08. The highest BCUT2D eigenvalue weighted by Crippen LogP contribution is 1.95. The van der Waals surface area contributed by atoms with E-state index in [1.165, 1.54) is 0 Å². The smallest absolute Gasteiger partial charge is 0.234 e. The maximum Gasteiger partial charge on any atom is 0.234 e. The lowest BCUT2D eigenvalue weighted by Gasteiger charge is -2.01. The van der Waals surface area contributed by atoms with Gasteiger partial charge in [-0.25, -0.2) is 0 Å². The molecule has 7 heteroatoms. The fourth-order valence-corrected chi connectivity index (χ4v) is 1.41. The van der Waals surface area contributed by atoms with Crippen LogP contribution in [0.25, 0.3) is 0 Å². The van der Waals surface area contributed by atoms with Crippen molar-refractivity contribution in [3.05, 3.63) is 11.9 Å². The Morgan fingerprint density at radius 2 is 2.38 bits per heavy atom. The Hall–Kier alpha value is -1.00. The predicted molar refractivity (Wildman–Crippen MR) is 65.4 cm³/mol. The van der Waals surface area contributed by atoms with Crippen molar-refractivity contribution in [1.82, 2.24) is 25.6 Å². The van der Waals surface area contributed by atoms with E-state index >= 15 is 0 Å². The quantitative estimate of drug-likeness (QED) is 0.523. The molecule has 0 bridgehead atoms. The summed E-state index contributed by atoms with van der Waals surface area (Å²) < 4.78 is 1.81. The molecule has 1 amide bonds. The van der Waals surface area contributed by atoms with Gasteiger partial charge in [0.1, 0.15) is 0 Å². The number of nitrogens with one attached hydrogen (secondary N) is 2. The average molecular weight is 243 g/mol. The lowest BCUT2D eigenvalue weighted by Crippen LogP contribution is -2.18. The van der Waals surface area contributed by atoms with Crippen molar-refractivity contribution in [2.45, 2.75) is 19.4 Å². The SMILES string of the molecule is CNCCc1cn(CCCNC(=O)P)nn1. The van der Waals surface area contributed by atoms with Crippen LogP contribution in [0.4, 0.5) is 4.79 Å². The minimum Gasteiger partial charge on any atom is -0.353 e. The Morgan fingerprint density at radius 1 is 1.56 bits per heavy atom. The van der Waals surface area contributed by atoms with E-state index in [-0.39, 0.29) is 5.65 Å². The fourth-order valence-electron chi connectivity index (χ4n) is 1.27. The maximum atomic E-state index is 10.6. The van der Waals surface area contributed by atoms with E-state index in [0.29, 0.717) is 6.54 Å². The number of aromatic nitrogens is 3. The minimum absolute atomic E-state index is 0.0756. The largest absolute Gasteiger partial charge is 0.353 e. The zero-order valence-corrected chi connectivity index (χ0v) is 10.6. The summed E-state index contributed by atoms with van der Waals surface area (Å²) in [5.41, 5.74) is 0.915. The molecule has 0 fully saturated rings. The van der Waals surface area contributed by atoms with Crippen molar-refractivity contribution in [3.8, 4) is 0 Å². The third-order valence-corrected chi connectivity index (χ3v) is 2.28. The topological polar surface area (TPSA) is 71.8 Å². The second-order valence-corrected chi connectivity index (χ2v) is 4.00. The molecule has 0 saturated heterocycles. The molecule has 1 rings (SSSR count). The molecule has 1 atom stereocenters. The zero-order valence-electron chi connectivity index (χ0n) is 9.44. The van der Waals surface area contributed by atoms with Gasteiger partial charge in [-0.2, -0.15) is 0 Å². The monoisotopic (exact) mass is 243 g/mol. The van der Waals surface area contributed by atoms with Gasteiger partial charge in [-0.3, -0.25) is 9.48 Å². The number of carbonyl (C=O) groups is 1. The highest BCUT2D eigenvalue weighted by Gasteiger charge is 1.99. The van der Waals surface area contributed by atoms with Gasteiger partial charge in [0.2, 0.25) is 5.65 Å². The predicted octanol–water partition coefficient (Wildman–Crippen LogP) is 0.0148. The standard InChI is InChI=1S/C9H18N5OP/c1-10-5-3-8-7-14(13-12-8)6-2-4-11-9(15)16/h7,10H,2-6,16H2,1H3,(H,11,15). The molecule has 0 radical (unpaired) electrons. The summed E-state index contributed by atoms with van der Waals surface area (Å²) in [7, 11) is 4.00. The number of aryl methyl sites for hydroxylation is 1. The van der Waals surface area contributed by atoms with E-state index in [4.69, 9.17) is 0 Å². The van der Waals surface area contributed by atoms with Gasteiger partial charge in [-0.1, -0.05) is 5.21 Å². The number of likely N-dealkylation sites (N-methyl/N-ethyl adjacent to an activating group) is 1. The molecule has 0 aliphatic carbocycles. The number of nitrogens with zero attached hydrogens (tertiary/aromatic N) is 3. The molecular formula is C9H18N5OP. The van der Waals surface area contributed by atoms with Crippen LogP contribution in [0.2, 0.25) is 0 Å². The lowest BCUT2D eigenvalue weighted by atomic mass is 10.3. The van der Waals surface area contributed by atoms with Crippen LogP contribution >= 0.6 is 9.24 Å². The van der Waals surface area contributed by atoms with Crippen LogP contribution in [-0.2, 0) is 13.0 Å². The van der Waals surface area contributed by atoms with Gasteiger partial charge >= 0.3 is 0 Å². The van der Waals surface area contributed by atoms with E-state index in [1.807, 2.05) is 13.2 Å². The van der Waals surface area contributed by atoms with Gasteiger partial charge < -0.3 is 10.6 Å². The molecular weight excluding hydrogens is 225 g/mol. The number of rotatable bonds is 7. The molecule has 0 aromatic carbocycles. The Labute approximate surface area is 97.4 Å². The fraction of sp³-hybridized carbons (Fsp3) is 0.667. The Morgan fingerprint density at radius 3 is 3.06 bits per heavy atom. The summed E-state index contributed by atoms with van der Waals surface area (Å²) in [6, 6.07) is 0. The van der Waals surface area contributed by atoms with Crippen molar-refractivity contribution in [2.75, 3.05) is 20.1 Å². The minimum atomic E-state index is -0.0756. The van der Waals surface area contributed by atoms with Crippen molar-refractivity contribution in [1.29, 1.82) is 0 Å². The first-order valence-electron chi connectivity index (χ1n) is 5.29. The Bertz CT molecular complexity index is 327. The third kappa shape index (κ3) is 5.19. The van der Waals surface area contributed by atoms with E-state index < -0.39 is 0 Å². The highest BCUT2D eigenvalue weighted by atomic mass is 31.0. The molecule has 1 unspecified atom stereocenters. The number of hydrogen-bond donors (Lipinski definition) is 2. The molecule has 1 aromatic rings. The van der Waals surface area contributed by atoms with Gasteiger partial charge in [0, 0.05) is 32.3 Å². The Kier molecular flexibility index (Phi) is 5.96. The summed E-state index contributed by atoms with van der Waals surface area (Å²) in [4.78, 5) is 10.6. The summed E-state index contributed by atoms with van der Waals surface area (Å²) in [5.74, 6) is 0. The molecule has 0 spiro atoms. The zero-order chi connectivity index (χ0) is 11.8. The van der Waals surface area contributed by atoms with Crippen LogP contribution in [0.5, 0.6) is 0 Å². The van der Waals surface area contributed by atoms with Gasteiger partial charge in [0.25, 0.3) is 0 Å². The first kappa shape index (κ1) is 13.1. The van der Waals surface area contributed by atoms with Gasteiger partial charge in [-0.05, 0) is 22.7 Å². The van der Waals surface area contributed by atoms with Crippen LogP contribution < -0.4 is 10.6 Å². The summed E-state index contributed by atoms with van der Waals surface area (Å²) >= 11 is 0. The van der Waals surface area contributed by atoms with Crippen LogP contribution in [0.1, 0.15) is 12.1 Å². The molecule has 0 saturated carbocycles. The van der Waals surface area contributed by atoms with Gasteiger partial charge in [-0.15, -0.1) is 5.10 Å². The van der Waals surface area contributed by atoms with Crippen LogP contribution in [0, 0.1) is 0 Å². The molecule has 1 heterocycles. The van der Waals surface area contributed by atoms with E-state index in [2.05, 4.69) is 30.2 Å². The summed E-state index contributed by atoms with van der Waals surface area (Å²) in [6.07, 6.45) is 3.69. The van der Waals surface area contributed by atoms with E-state index in [0.717, 1.165) is 31.6 Å². The van der Waals surface area contributed by atoms with E-state index in [9.17, 15) is 4.79 Å². The van der Waals surface area contributed by atoms with Crippen LogP contribution in [0.15, 0.2) is 6.20 Å². The van der Waals surface area contributed by atoms with Gasteiger partial charge in [0.15, 0.2) is 0 Å². The van der Waals surface area contributed by atoms with Crippen molar-refractivity contribution in [3.63, 3.8) is 0 Å². The molecule has 16 heavy (non-hydrogen) atoms. The highest BCUT2D eigenvalue weighted by molar-refractivity contribution is 7.39. The normalized spacial score (nSPS) is 10.4. The molecule has 1 aromatic heterocycles. The van der Waals surface area contributed by atoms with E-state index in [1.54, 1.807) is 4.68 Å². The number of carbonyl (C=O) groups excluding carboxylic acids is 1. The molecule has 90 valence electrons. The van der Waals surface area contributed by atoms with Crippen molar-refractivity contribution < 1.29 is 4.79 Å². The number of hydrogen-bond acceptors (Lipinski definition) is 4. The molecule has 0 aliphatic heterocycles. The number of amides is 1. The Balaban J connectivity index is 2.21. The van der Waals surface area contributed by atoms with Crippen molar-refractivity contribution in [2.24, 2.45) is 0 Å². The molecule has 0 aliphatic rings. The summed E-state index contributed by atoms with van der Waals surface area (Å²) in [5, 5.41) is 13.8.